The first-order valence-corrected chi connectivity index (χ1v) is 12.4. The summed E-state index contributed by atoms with van der Waals surface area (Å²) in [6.45, 7) is 3.25. The summed E-state index contributed by atoms with van der Waals surface area (Å²) in [5, 5.41) is 14.8. The fraction of sp³-hybridized carbons (Fsp3) is 0.296. The number of pyridine rings is 2. The van der Waals surface area contributed by atoms with Gasteiger partial charge < -0.3 is 15.5 Å². The predicted molar refractivity (Wildman–Crippen MR) is 142 cm³/mol. The van der Waals surface area contributed by atoms with Crippen molar-refractivity contribution in [2.45, 2.75) is 32.1 Å². The molecule has 0 aliphatic carbocycles. The van der Waals surface area contributed by atoms with Crippen molar-refractivity contribution in [1.29, 1.82) is 0 Å². The molecule has 0 saturated carbocycles. The van der Waals surface area contributed by atoms with Crippen LogP contribution >= 0.6 is 0 Å². The fourth-order valence-electron chi connectivity index (χ4n) is 4.42. The van der Waals surface area contributed by atoms with Gasteiger partial charge in [-0.1, -0.05) is 25.0 Å². The molecule has 1 saturated heterocycles. The maximum Gasteiger partial charge on any atom is 0.256 e. The standard InChI is InChI=1S/C27H27N9O2/c1-4-16(17-8-9-20(30-15-17)31-21(37)5-2)14-19-23(34-35-24(19)28-3)26-32-22-18(10-11-29-25(22)33-26)27(38)36-12-6-7-13-36/h1,8-11,14-16,34H,5-7,12-13H2,2-3H3,(H,28,35)(H,30,31,37)/b19-14-,26-23?. The van der Waals surface area contributed by atoms with Gasteiger partial charge >= 0.3 is 0 Å². The lowest BCUT2D eigenvalue weighted by Crippen LogP contribution is -2.37. The van der Waals surface area contributed by atoms with Gasteiger partial charge in [0, 0.05) is 44.2 Å². The summed E-state index contributed by atoms with van der Waals surface area (Å²) < 4.78 is 0. The van der Waals surface area contributed by atoms with Crippen molar-refractivity contribution < 1.29 is 9.59 Å². The molecule has 11 heteroatoms. The van der Waals surface area contributed by atoms with Crippen LogP contribution in [-0.2, 0) is 4.79 Å². The molecule has 3 aromatic heterocycles. The van der Waals surface area contributed by atoms with Gasteiger partial charge in [-0.25, -0.2) is 20.0 Å². The summed E-state index contributed by atoms with van der Waals surface area (Å²) in [4.78, 5) is 44.5. The number of carbonyl (C=O) groups excluding carboxylic acids is 2. The van der Waals surface area contributed by atoms with Crippen LogP contribution in [0.15, 0.2) is 40.6 Å². The lowest BCUT2D eigenvalue weighted by Gasteiger charge is -2.14. The maximum absolute atomic E-state index is 13.1. The van der Waals surface area contributed by atoms with Crippen LogP contribution in [0.25, 0.3) is 11.9 Å². The molecule has 0 radical (unpaired) electrons. The van der Waals surface area contributed by atoms with E-state index in [1.165, 1.54) is 0 Å². The lowest BCUT2D eigenvalue weighted by molar-refractivity contribution is -0.115. The number of likely N-dealkylation sites (tertiary alicyclic amines) is 1. The molecule has 38 heavy (non-hydrogen) atoms. The first kappa shape index (κ1) is 24.8. The highest BCUT2D eigenvalue weighted by Crippen LogP contribution is 2.18. The van der Waals surface area contributed by atoms with Crippen LogP contribution in [-0.4, -0.2) is 57.0 Å². The molecule has 2 aliphatic heterocycles. The van der Waals surface area contributed by atoms with E-state index in [1.54, 1.807) is 38.5 Å². The number of hydrogen-bond donors (Lipinski definition) is 3. The zero-order chi connectivity index (χ0) is 26.6. The van der Waals surface area contributed by atoms with Gasteiger partial charge in [0.2, 0.25) is 5.91 Å². The quantitative estimate of drug-likeness (QED) is 0.401. The third-order valence-electron chi connectivity index (χ3n) is 6.47. The Morgan fingerprint density at radius 3 is 2.71 bits per heavy atom. The average Bonchev–Trinajstić information content (AvgIpc) is 3.71. The second-order valence-electron chi connectivity index (χ2n) is 8.88. The van der Waals surface area contributed by atoms with Gasteiger partial charge in [0.25, 0.3) is 5.91 Å². The fourth-order valence-corrected chi connectivity index (χ4v) is 4.42. The van der Waals surface area contributed by atoms with Crippen molar-refractivity contribution in [3.63, 3.8) is 0 Å². The third-order valence-corrected chi connectivity index (χ3v) is 6.47. The van der Waals surface area contributed by atoms with Crippen LogP contribution in [0, 0.1) is 12.3 Å². The lowest BCUT2D eigenvalue weighted by atomic mass is 10.0. The zero-order valence-electron chi connectivity index (χ0n) is 21.2. The Morgan fingerprint density at radius 1 is 1.21 bits per heavy atom. The van der Waals surface area contributed by atoms with Crippen LogP contribution < -0.4 is 32.0 Å². The van der Waals surface area contributed by atoms with Crippen LogP contribution in [0.3, 0.4) is 0 Å². The number of H-pyrrole nitrogens is 1. The van der Waals surface area contributed by atoms with Gasteiger partial charge in [-0.05, 0) is 30.5 Å². The number of hydrogen-bond acceptors (Lipinski definition) is 8. The first-order valence-electron chi connectivity index (χ1n) is 12.4. The largest absolute Gasteiger partial charge is 0.371 e. The van der Waals surface area contributed by atoms with Gasteiger partial charge in [-0.15, -0.1) is 6.42 Å². The first-order chi connectivity index (χ1) is 18.5. The van der Waals surface area contributed by atoms with Crippen molar-refractivity contribution in [2.24, 2.45) is 9.98 Å². The van der Waals surface area contributed by atoms with Gasteiger partial charge in [-0.3, -0.25) is 14.7 Å². The summed E-state index contributed by atoms with van der Waals surface area (Å²) in [5.41, 5.74) is 1.64. The number of carbonyl (C=O) groups is 2. The number of amides is 2. The molecule has 5 rings (SSSR count). The Hall–Kier alpha value is -4.85. The Balaban J connectivity index is 1.58. The topological polar surface area (TPSA) is 141 Å². The van der Waals surface area contributed by atoms with Crippen molar-refractivity contribution in [2.75, 3.05) is 30.8 Å². The second-order valence-corrected chi connectivity index (χ2v) is 8.88. The van der Waals surface area contributed by atoms with Crippen LogP contribution in [0.1, 0.15) is 48.0 Å². The molecule has 3 aromatic rings. The number of nitrogens with zero attached hydrogens (tertiary/aromatic N) is 6. The molecule has 5 heterocycles. The highest BCUT2D eigenvalue weighted by atomic mass is 16.2. The molecule has 2 aliphatic rings. The zero-order valence-corrected chi connectivity index (χ0v) is 21.2. The Kier molecular flexibility index (Phi) is 6.95. The molecule has 192 valence electrons. The number of nitrogens with one attached hydrogen (secondary N) is 3. The summed E-state index contributed by atoms with van der Waals surface area (Å²) in [5.74, 6) is 3.54. The minimum Gasteiger partial charge on any atom is -0.371 e. The SMILES string of the molecule is C#CC(/C=c1\c(NC)n[nH]c1=C1N=c2nccc(C(=O)N3CCCC3)c2=N1)c1ccc(NC(=O)CC)nc1. The predicted octanol–water partition coefficient (Wildman–Crippen LogP) is 0.0421. The van der Waals surface area contributed by atoms with Crippen molar-refractivity contribution in [3.8, 4) is 12.3 Å². The number of aromatic amines is 1. The van der Waals surface area contributed by atoms with Gasteiger partial charge in [0.15, 0.2) is 17.1 Å². The van der Waals surface area contributed by atoms with E-state index in [4.69, 9.17) is 11.4 Å². The van der Waals surface area contributed by atoms with Gasteiger partial charge in [0.1, 0.15) is 16.5 Å². The minimum absolute atomic E-state index is 0.0628. The van der Waals surface area contributed by atoms with Crippen molar-refractivity contribution in [1.82, 2.24) is 25.1 Å². The summed E-state index contributed by atoms with van der Waals surface area (Å²) in [6, 6.07) is 5.23. The van der Waals surface area contributed by atoms with E-state index in [-0.39, 0.29) is 11.8 Å². The van der Waals surface area contributed by atoms with Crippen molar-refractivity contribution in [3.05, 3.63) is 63.1 Å². The van der Waals surface area contributed by atoms with E-state index >= 15 is 0 Å². The molecule has 3 N–H and O–H groups in total. The summed E-state index contributed by atoms with van der Waals surface area (Å²) >= 11 is 0. The highest BCUT2D eigenvalue weighted by Gasteiger charge is 2.23. The minimum atomic E-state index is -0.448. The van der Waals surface area contributed by atoms with Crippen molar-refractivity contribution >= 4 is 35.3 Å². The summed E-state index contributed by atoms with van der Waals surface area (Å²) in [7, 11) is 1.76. The number of aromatic nitrogens is 4. The summed E-state index contributed by atoms with van der Waals surface area (Å²) in [6.07, 6.45) is 13.4. The molecule has 1 atom stereocenters. The van der Waals surface area contributed by atoms with E-state index in [0.29, 0.717) is 50.9 Å². The molecule has 11 nitrogen and oxygen atoms in total. The molecule has 0 bridgehead atoms. The Morgan fingerprint density at radius 2 is 2.03 bits per heavy atom. The number of anilines is 2. The van der Waals surface area contributed by atoms with E-state index in [9.17, 15) is 9.59 Å². The smallest absolute Gasteiger partial charge is 0.256 e. The monoisotopic (exact) mass is 509 g/mol. The normalized spacial score (nSPS) is 16.8. The number of rotatable bonds is 6. The molecule has 0 aromatic carbocycles. The molecule has 1 unspecified atom stereocenters. The highest BCUT2D eigenvalue weighted by molar-refractivity contribution is 5.94. The van der Waals surface area contributed by atoms with E-state index in [2.05, 4.69) is 41.7 Å². The molecular weight excluding hydrogens is 482 g/mol. The third kappa shape index (κ3) is 4.76. The Labute approximate surface area is 218 Å². The maximum atomic E-state index is 13.1. The van der Waals surface area contributed by atoms with Crippen LogP contribution in [0.5, 0.6) is 0 Å². The molecule has 1 fully saturated rings. The Bertz CT molecular complexity index is 1680. The second kappa shape index (κ2) is 10.6. The molecular formula is C27H27N9O2. The molecule has 2 amide bonds. The van der Waals surface area contributed by atoms with E-state index < -0.39 is 5.92 Å². The van der Waals surface area contributed by atoms with Gasteiger partial charge in [-0.2, -0.15) is 5.10 Å². The van der Waals surface area contributed by atoms with E-state index in [0.717, 1.165) is 31.5 Å². The van der Waals surface area contributed by atoms with Gasteiger partial charge in [0.05, 0.1) is 11.5 Å². The van der Waals surface area contributed by atoms with Crippen LogP contribution in [0.4, 0.5) is 11.6 Å². The average molecular weight is 510 g/mol. The number of terminal acetylenes is 1. The van der Waals surface area contributed by atoms with Crippen LogP contribution in [0.2, 0.25) is 0 Å². The molecule has 0 spiro atoms. The number of fused-ring (bicyclic) bond motifs is 1. The van der Waals surface area contributed by atoms with E-state index in [1.807, 2.05) is 17.0 Å².